The van der Waals surface area contributed by atoms with Gasteiger partial charge in [0.25, 0.3) is 20.2 Å². The molecule has 0 spiro atoms. The van der Waals surface area contributed by atoms with E-state index >= 15 is 0 Å². The van der Waals surface area contributed by atoms with Crippen molar-refractivity contribution in [3.05, 3.63) is 119 Å². The van der Waals surface area contributed by atoms with E-state index in [4.69, 9.17) is 17.8 Å². The highest BCUT2D eigenvalue weighted by Crippen LogP contribution is 2.18. The molecule has 0 fully saturated rings. The van der Waals surface area contributed by atoms with E-state index in [9.17, 15) is 26.4 Å². The van der Waals surface area contributed by atoms with Crippen LogP contribution in [0.2, 0.25) is 0 Å². The molecule has 10 nitrogen and oxygen atoms in total. The van der Waals surface area contributed by atoms with Gasteiger partial charge in [-0.3, -0.25) is 18.0 Å². The summed E-state index contributed by atoms with van der Waals surface area (Å²) in [6, 6.07) is 26.6. The van der Waals surface area contributed by atoms with Crippen molar-refractivity contribution in [2.24, 2.45) is 0 Å². The van der Waals surface area contributed by atoms with E-state index in [0.29, 0.717) is 48.0 Å². The summed E-state index contributed by atoms with van der Waals surface area (Å²) in [7, 11) is -7.49. The van der Waals surface area contributed by atoms with Crippen LogP contribution in [0.5, 0.6) is 11.5 Å². The highest BCUT2D eigenvalue weighted by atomic mass is 32.2. The first-order chi connectivity index (χ1) is 22.1. The summed E-state index contributed by atoms with van der Waals surface area (Å²) in [6.45, 7) is 4.30. The number of hydrogen-bond donors (Lipinski definition) is 0. The first kappa shape index (κ1) is 36.1. The van der Waals surface area contributed by atoms with Crippen LogP contribution >= 0.6 is 0 Å². The molecule has 12 heteroatoms. The fourth-order valence-corrected chi connectivity index (χ4v) is 5.67. The molecule has 46 heavy (non-hydrogen) atoms. The molecule has 0 heterocycles. The number of aldehydes is 2. The molecule has 0 bridgehead atoms. The predicted octanol–water partition coefficient (Wildman–Crippen LogP) is 5.96. The number of carbonyl (C=O) groups excluding carboxylic acids is 2. The Kier molecular flexibility index (Phi) is 14.1. The number of benzene rings is 4. The number of aryl methyl sites for hydroxylation is 2. The highest BCUT2D eigenvalue weighted by Gasteiger charge is 2.15. The van der Waals surface area contributed by atoms with Crippen LogP contribution < -0.4 is 9.47 Å². The Bertz CT molecular complexity index is 1630. The van der Waals surface area contributed by atoms with Gasteiger partial charge in [-0.2, -0.15) is 16.8 Å². The molecule has 0 aliphatic heterocycles. The minimum Gasteiger partial charge on any atom is -0.493 e. The molecule has 0 aromatic heterocycles. The molecule has 0 aliphatic rings. The Morgan fingerprint density at radius 2 is 0.848 bits per heavy atom. The van der Waals surface area contributed by atoms with Crippen molar-refractivity contribution in [2.45, 2.75) is 36.5 Å². The third kappa shape index (κ3) is 11.5. The molecule has 0 N–H and O–H groups in total. The number of para-hydroxylation sites is 2. The van der Waals surface area contributed by atoms with Gasteiger partial charge in [-0.1, -0.05) is 59.7 Å². The van der Waals surface area contributed by atoms with Crippen LogP contribution in [0.3, 0.4) is 0 Å². The van der Waals surface area contributed by atoms with Crippen LogP contribution in [-0.4, -0.2) is 55.8 Å². The molecule has 4 aromatic rings. The SMILES string of the molecule is Cc1ccc(S(=O)(=O)OCCCOc2ccccc2C=O)cc1.Cc1ccc(S(=O)(=O)OCCCOc2ccccc2C=O)cc1. The van der Waals surface area contributed by atoms with Gasteiger partial charge in [0.1, 0.15) is 11.5 Å². The second kappa shape index (κ2) is 18.0. The van der Waals surface area contributed by atoms with Crippen molar-refractivity contribution >= 4 is 32.8 Å². The Labute approximate surface area is 270 Å². The van der Waals surface area contributed by atoms with E-state index in [1.165, 1.54) is 24.3 Å². The molecule has 0 saturated carbocycles. The van der Waals surface area contributed by atoms with E-state index in [1.807, 2.05) is 13.8 Å². The summed E-state index contributed by atoms with van der Waals surface area (Å²) in [5.41, 5.74) is 2.87. The summed E-state index contributed by atoms with van der Waals surface area (Å²) in [5.74, 6) is 0.952. The van der Waals surface area contributed by atoms with Gasteiger partial charge in [0, 0.05) is 12.8 Å². The van der Waals surface area contributed by atoms with Crippen LogP contribution in [0.25, 0.3) is 0 Å². The van der Waals surface area contributed by atoms with Gasteiger partial charge in [0.05, 0.1) is 47.3 Å². The molecular weight excluding hydrogens is 632 g/mol. The molecule has 4 aromatic carbocycles. The minimum atomic E-state index is -3.75. The predicted molar refractivity (Wildman–Crippen MR) is 173 cm³/mol. The van der Waals surface area contributed by atoms with Gasteiger partial charge in [0.15, 0.2) is 12.6 Å². The zero-order chi connectivity index (χ0) is 33.4. The van der Waals surface area contributed by atoms with E-state index < -0.39 is 20.2 Å². The lowest BCUT2D eigenvalue weighted by Gasteiger charge is -2.09. The largest absolute Gasteiger partial charge is 0.493 e. The fourth-order valence-electron chi connectivity index (χ4n) is 3.78. The maximum atomic E-state index is 12.0. The van der Waals surface area contributed by atoms with Crippen LogP contribution in [0.15, 0.2) is 107 Å². The quantitative estimate of drug-likeness (QED) is 0.0798. The van der Waals surface area contributed by atoms with Crippen LogP contribution in [-0.2, 0) is 28.6 Å². The Morgan fingerprint density at radius 1 is 0.500 bits per heavy atom. The Morgan fingerprint density at radius 3 is 1.20 bits per heavy atom. The summed E-state index contributed by atoms with van der Waals surface area (Å²) in [5, 5.41) is 0. The summed E-state index contributed by atoms with van der Waals surface area (Å²) in [6.07, 6.45) is 2.21. The maximum absolute atomic E-state index is 12.0. The number of rotatable bonds is 16. The minimum absolute atomic E-state index is 0.0134. The third-order valence-electron chi connectivity index (χ3n) is 6.28. The molecule has 0 radical (unpaired) electrons. The van der Waals surface area contributed by atoms with E-state index in [1.54, 1.807) is 72.8 Å². The van der Waals surface area contributed by atoms with Gasteiger partial charge >= 0.3 is 0 Å². The Hall–Kier alpha value is -4.36. The van der Waals surface area contributed by atoms with Crippen molar-refractivity contribution < 1.29 is 44.3 Å². The highest BCUT2D eigenvalue weighted by molar-refractivity contribution is 7.87. The zero-order valence-corrected chi connectivity index (χ0v) is 27.2. The monoisotopic (exact) mass is 668 g/mol. The number of carbonyl (C=O) groups is 2. The lowest BCUT2D eigenvalue weighted by Crippen LogP contribution is -2.10. The van der Waals surface area contributed by atoms with Crippen LogP contribution in [0.1, 0.15) is 44.7 Å². The molecule has 4 rings (SSSR count). The van der Waals surface area contributed by atoms with Crippen molar-refractivity contribution in [1.29, 1.82) is 0 Å². The van der Waals surface area contributed by atoms with Gasteiger partial charge in [-0.15, -0.1) is 0 Å². The third-order valence-corrected chi connectivity index (χ3v) is 8.93. The fraction of sp³-hybridized carbons (Fsp3) is 0.235. The molecule has 0 saturated heterocycles. The van der Waals surface area contributed by atoms with Crippen molar-refractivity contribution in [3.63, 3.8) is 0 Å². The van der Waals surface area contributed by atoms with E-state index in [2.05, 4.69) is 0 Å². The summed E-state index contributed by atoms with van der Waals surface area (Å²) in [4.78, 5) is 22.0. The lowest BCUT2D eigenvalue weighted by atomic mass is 10.2. The first-order valence-electron chi connectivity index (χ1n) is 14.3. The van der Waals surface area contributed by atoms with Gasteiger partial charge in [0.2, 0.25) is 0 Å². The number of ether oxygens (including phenoxy) is 2. The molecule has 244 valence electrons. The average molecular weight is 669 g/mol. The van der Waals surface area contributed by atoms with Gasteiger partial charge in [-0.05, 0) is 62.4 Å². The van der Waals surface area contributed by atoms with Crippen molar-refractivity contribution in [3.8, 4) is 11.5 Å². The van der Waals surface area contributed by atoms with Crippen LogP contribution in [0, 0.1) is 13.8 Å². The van der Waals surface area contributed by atoms with Crippen molar-refractivity contribution in [1.82, 2.24) is 0 Å². The van der Waals surface area contributed by atoms with Gasteiger partial charge < -0.3 is 9.47 Å². The molecule has 0 aliphatic carbocycles. The van der Waals surface area contributed by atoms with E-state index in [-0.39, 0.29) is 36.2 Å². The van der Waals surface area contributed by atoms with Crippen molar-refractivity contribution in [2.75, 3.05) is 26.4 Å². The molecule has 0 atom stereocenters. The lowest BCUT2D eigenvalue weighted by molar-refractivity contribution is 0.111. The molecule has 0 unspecified atom stereocenters. The van der Waals surface area contributed by atoms with Crippen LogP contribution in [0.4, 0.5) is 0 Å². The van der Waals surface area contributed by atoms with E-state index in [0.717, 1.165) is 11.1 Å². The normalized spacial score (nSPS) is 11.2. The summed E-state index contributed by atoms with van der Waals surface area (Å²) < 4.78 is 68.7. The van der Waals surface area contributed by atoms with Gasteiger partial charge in [-0.25, -0.2) is 0 Å². The second-order valence-corrected chi connectivity index (χ2v) is 13.1. The standard InChI is InChI=1S/2C17H18O5S/c2*1-14-7-9-16(10-8-14)23(19,20)22-12-4-11-21-17-6-3-2-5-15(17)13-18/h2*2-3,5-10,13H,4,11-12H2,1H3. The Balaban J connectivity index is 0.000000250. The topological polar surface area (TPSA) is 139 Å². The first-order valence-corrected chi connectivity index (χ1v) is 17.1. The molecular formula is C34H36O10S2. The summed E-state index contributed by atoms with van der Waals surface area (Å²) >= 11 is 0. The second-order valence-electron chi connectivity index (χ2n) is 9.89. The molecule has 0 amide bonds. The number of hydrogen-bond acceptors (Lipinski definition) is 10. The zero-order valence-electron chi connectivity index (χ0n) is 25.5. The maximum Gasteiger partial charge on any atom is 0.296 e. The average Bonchev–Trinajstić information content (AvgIpc) is 3.05. The smallest absolute Gasteiger partial charge is 0.296 e.